The van der Waals surface area contributed by atoms with Gasteiger partial charge in [0.25, 0.3) is 0 Å². The van der Waals surface area contributed by atoms with E-state index in [4.69, 9.17) is 4.74 Å². The summed E-state index contributed by atoms with van der Waals surface area (Å²) < 4.78 is 33.8. The van der Waals surface area contributed by atoms with Gasteiger partial charge >= 0.3 is 6.03 Å². The van der Waals surface area contributed by atoms with Gasteiger partial charge in [0.05, 0.1) is 6.04 Å². The predicted molar refractivity (Wildman–Crippen MR) is 89.5 cm³/mol. The van der Waals surface area contributed by atoms with Crippen LogP contribution in [-0.2, 0) is 7.05 Å². The highest BCUT2D eigenvalue weighted by Crippen LogP contribution is 2.23. The summed E-state index contributed by atoms with van der Waals surface area (Å²) in [4.78, 5) is 18.2. The van der Waals surface area contributed by atoms with E-state index in [1.165, 1.54) is 12.4 Å². The molecule has 1 atom stereocenters. The zero-order chi connectivity index (χ0) is 18.7. The van der Waals surface area contributed by atoms with Gasteiger partial charge in [-0.05, 0) is 19.1 Å². The van der Waals surface area contributed by atoms with Crippen LogP contribution in [0.4, 0.5) is 13.6 Å². The number of hydrogen-bond donors (Lipinski definition) is 1. The Bertz CT molecular complexity index is 774. The number of hydrogen-bond acceptors (Lipinski definition) is 4. The quantitative estimate of drug-likeness (QED) is 0.903. The lowest BCUT2D eigenvalue weighted by Crippen LogP contribution is -2.47. The fourth-order valence-corrected chi connectivity index (χ4v) is 2.97. The zero-order valence-electron chi connectivity index (χ0n) is 14.7. The van der Waals surface area contributed by atoms with Gasteiger partial charge in [0, 0.05) is 39.0 Å². The molecule has 0 bridgehead atoms. The molecule has 1 saturated heterocycles. The van der Waals surface area contributed by atoms with Crippen molar-refractivity contribution in [3.63, 3.8) is 0 Å². The molecule has 1 unspecified atom stereocenters. The van der Waals surface area contributed by atoms with Gasteiger partial charge in [-0.15, -0.1) is 0 Å². The molecule has 1 aromatic carbocycles. The minimum Gasteiger partial charge on any atom is -0.487 e. The summed E-state index contributed by atoms with van der Waals surface area (Å²) in [5, 5.41) is 6.88. The molecule has 7 nitrogen and oxygen atoms in total. The Balaban J connectivity index is 1.50. The number of nitrogens with zero attached hydrogens (tertiary/aromatic N) is 4. The standard InChI is InChI=1S/C17H21F2N5O2/c1-11(16-20-10-21-23(16)2)22-17(25)24-7-5-13(6-8-24)26-15-4-3-12(18)9-14(15)19/h3-4,9-11,13H,5-8H2,1-2H3,(H,22,25). The molecular weight excluding hydrogens is 344 g/mol. The van der Waals surface area contributed by atoms with E-state index in [1.807, 2.05) is 6.92 Å². The second-order valence-electron chi connectivity index (χ2n) is 6.29. The van der Waals surface area contributed by atoms with Crippen LogP contribution in [0.25, 0.3) is 0 Å². The number of aryl methyl sites for hydroxylation is 1. The van der Waals surface area contributed by atoms with Crippen LogP contribution in [0.5, 0.6) is 5.75 Å². The molecule has 0 aliphatic carbocycles. The first-order valence-corrected chi connectivity index (χ1v) is 8.45. The topological polar surface area (TPSA) is 72.3 Å². The maximum Gasteiger partial charge on any atom is 0.317 e. The van der Waals surface area contributed by atoms with Crippen LogP contribution in [0.15, 0.2) is 24.5 Å². The molecule has 1 N–H and O–H groups in total. The number of amides is 2. The second kappa shape index (κ2) is 7.67. The van der Waals surface area contributed by atoms with Gasteiger partial charge in [-0.1, -0.05) is 0 Å². The van der Waals surface area contributed by atoms with Crippen molar-refractivity contribution in [2.75, 3.05) is 13.1 Å². The first-order valence-electron chi connectivity index (χ1n) is 8.45. The fraction of sp³-hybridized carbons (Fsp3) is 0.471. The molecule has 2 amide bonds. The lowest BCUT2D eigenvalue weighted by molar-refractivity contribution is 0.106. The fourth-order valence-electron chi connectivity index (χ4n) is 2.97. The third-order valence-electron chi connectivity index (χ3n) is 4.39. The molecule has 3 rings (SSSR count). The summed E-state index contributed by atoms with van der Waals surface area (Å²) in [7, 11) is 1.77. The first-order chi connectivity index (χ1) is 12.4. The van der Waals surface area contributed by atoms with E-state index in [0.29, 0.717) is 31.8 Å². The molecule has 1 fully saturated rings. The van der Waals surface area contributed by atoms with Crippen molar-refractivity contribution in [3.8, 4) is 5.75 Å². The predicted octanol–water partition coefficient (Wildman–Crippen LogP) is 2.41. The van der Waals surface area contributed by atoms with E-state index in [0.717, 1.165) is 12.1 Å². The van der Waals surface area contributed by atoms with E-state index < -0.39 is 11.6 Å². The minimum absolute atomic E-state index is 0.0326. The largest absolute Gasteiger partial charge is 0.487 e. The SMILES string of the molecule is CC(NC(=O)N1CCC(Oc2ccc(F)cc2F)CC1)c1ncnn1C. The summed E-state index contributed by atoms with van der Waals surface area (Å²) in [5.41, 5.74) is 0. The van der Waals surface area contributed by atoms with Crippen molar-refractivity contribution < 1.29 is 18.3 Å². The van der Waals surface area contributed by atoms with E-state index in [1.54, 1.807) is 16.6 Å². The van der Waals surface area contributed by atoms with Gasteiger partial charge < -0.3 is 15.0 Å². The molecule has 9 heteroatoms. The number of rotatable bonds is 4. The second-order valence-corrected chi connectivity index (χ2v) is 6.29. The first kappa shape index (κ1) is 18.1. The third kappa shape index (κ3) is 4.09. The molecule has 26 heavy (non-hydrogen) atoms. The number of carbonyl (C=O) groups excluding carboxylic acids is 1. The number of halogens is 2. The third-order valence-corrected chi connectivity index (χ3v) is 4.39. The molecule has 0 spiro atoms. The molecular formula is C17H21F2N5O2. The van der Waals surface area contributed by atoms with Gasteiger partial charge in [0.2, 0.25) is 0 Å². The van der Waals surface area contributed by atoms with E-state index in [-0.39, 0.29) is 23.9 Å². The highest BCUT2D eigenvalue weighted by molar-refractivity contribution is 5.74. The van der Waals surface area contributed by atoms with Gasteiger partial charge in [0.15, 0.2) is 11.6 Å². The normalized spacial score (nSPS) is 16.4. The molecule has 1 aliphatic heterocycles. The van der Waals surface area contributed by atoms with E-state index >= 15 is 0 Å². The lowest BCUT2D eigenvalue weighted by atomic mass is 10.1. The highest BCUT2D eigenvalue weighted by atomic mass is 19.1. The van der Waals surface area contributed by atoms with Crippen molar-refractivity contribution in [2.24, 2.45) is 7.05 Å². The summed E-state index contributed by atoms with van der Waals surface area (Å²) >= 11 is 0. The Hall–Kier alpha value is -2.71. The highest BCUT2D eigenvalue weighted by Gasteiger charge is 2.26. The monoisotopic (exact) mass is 365 g/mol. The molecule has 140 valence electrons. The molecule has 2 aromatic rings. The Morgan fingerprint density at radius 1 is 1.35 bits per heavy atom. The molecule has 1 aromatic heterocycles. The van der Waals surface area contributed by atoms with Crippen LogP contribution in [-0.4, -0.2) is 44.9 Å². The number of piperidine rings is 1. The number of likely N-dealkylation sites (tertiary alicyclic amines) is 1. The Morgan fingerprint density at radius 3 is 2.69 bits per heavy atom. The van der Waals surface area contributed by atoms with Crippen LogP contribution in [0.3, 0.4) is 0 Å². The van der Waals surface area contributed by atoms with Crippen molar-refractivity contribution >= 4 is 6.03 Å². The van der Waals surface area contributed by atoms with Gasteiger partial charge in [-0.3, -0.25) is 4.68 Å². The lowest BCUT2D eigenvalue weighted by Gasteiger charge is -2.33. The van der Waals surface area contributed by atoms with E-state index in [2.05, 4.69) is 15.4 Å². The average Bonchev–Trinajstić information content (AvgIpc) is 3.04. The smallest absolute Gasteiger partial charge is 0.317 e. The van der Waals surface area contributed by atoms with Crippen molar-refractivity contribution in [3.05, 3.63) is 42.0 Å². The van der Waals surface area contributed by atoms with Gasteiger partial charge in [-0.2, -0.15) is 5.10 Å². The van der Waals surface area contributed by atoms with Gasteiger partial charge in [0.1, 0.15) is 24.1 Å². The number of carbonyl (C=O) groups is 1. The molecule has 2 heterocycles. The molecule has 1 aliphatic rings. The minimum atomic E-state index is -0.720. The van der Waals surface area contributed by atoms with Gasteiger partial charge in [-0.25, -0.2) is 18.6 Å². The van der Waals surface area contributed by atoms with Crippen molar-refractivity contribution in [2.45, 2.75) is 31.9 Å². The zero-order valence-corrected chi connectivity index (χ0v) is 14.7. The summed E-state index contributed by atoms with van der Waals surface area (Å²) in [6, 6.07) is 2.79. The maximum absolute atomic E-state index is 13.7. The van der Waals surface area contributed by atoms with Crippen molar-refractivity contribution in [1.82, 2.24) is 25.0 Å². The average molecular weight is 365 g/mol. The van der Waals surface area contributed by atoms with Crippen LogP contribution in [0.1, 0.15) is 31.6 Å². The van der Waals surface area contributed by atoms with Crippen molar-refractivity contribution in [1.29, 1.82) is 0 Å². The van der Waals surface area contributed by atoms with Crippen LogP contribution >= 0.6 is 0 Å². The summed E-state index contributed by atoms with van der Waals surface area (Å²) in [6.45, 7) is 2.82. The summed E-state index contributed by atoms with van der Waals surface area (Å²) in [6.07, 6.45) is 2.37. The maximum atomic E-state index is 13.7. The number of benzene rings is 1. The van der Waals surface area contributed by atoms with E-state index in [9.17, 15) is 13.6 Å². The number of aromatic nitrogens is 3. The van der Waals surface area contributed by atoms with Crippen LogP contribution in [0.2, 0.25) is 0 Å². The van der Waals surface area contributed by atoms with Crippen LogP contribution < -0.4 is 10.1 Å². The Labute approximate surface area is 150 Å². The number of ether oxygens (including phenoxy) is 1. The Kier molecular flexibility index (Phi) is 5.34. The molecule has 0 saturated carbocycles. The molecule has 0 radical (unpaired) electrons. The number of urea groups is 1. The van der Waals surface area contributed by atoms with Crippen LogP contribution in [0, 0.1) is 11.6 Å². The summed E-state index contributed by atoms with van der Waals surface area (Å²) in [5.74, 6) is -0.658. The Morgan fingerprint density at radius 2 is 2.08 bits per heavy atom. The number of nitrogens with one attached hydrogen (secondary N) is 1.